The Morgan fingerprint density at radius 3 is 2.77 bits per heavy atom. The maximum absolute atomic E-state index is 12.3. The number of amides is 1. The Balaban J connectivity index is 1.31. The predicted molar refractivity (Wildman–Crippen MR) is 132 cm³/mol. The first-order chi connectivity index (χ1) is 17.1. The molecule has 2 N–H and O–H groups in total. The van der Waals surface area contributed by atoms with Crippen LogP contribution in [0.5, 0.6) is 5.75 Å². The van der Waals surface area contributed by atoms with E-state index in [9.17, 15) is 4.79 Å². The number of rotatable bonds is 8. The van der Waals surface area contributed by atoms with Gasteiger partial charge < -0.3 is 24.5 Å². The van der Waals surface area contributed by atoms with Gasteiger partial charge in [0, 0.05) is 55.9 Å². The van der Waals surface area contributed by atoms with Gasteiger partial charge in [-0.2, -0.15) is 0 Å². The molecule has 35 heavy (non-hydrogen) atoms. The summed E-state index contributed by atoms with van der Waals surface area (Å²) in [5, 5.41) is 7.67. The molecule has 0 atom stereocenters. The molecule has 2 saturated carbocycles. The standard InChI is InChI=1S/C26H27N5O4/c1-27-24-19-11-28-23(31-25(32)15-3-4-15)10-18(19)20(12-29-24)26-30-21-9-16(5-6-22(21)35-26)34-17-7-14(8-17)13-33-2/h5-6,9-12,14-15,17H,3-4,7-8,13H2,1-2H3,(H,27,29)(H,28,31,32)/t14-,17-. The third kappa shape index (κ3) is 4.27. The van der Waals surface area contributed by atoms with E-state index in [1.807, 2.05) is 31.3 Å². The van der Waals surface area contributed by atoms with Crippen molar-refractivity contribution in [3.63, 3.8) is 0 Å². The summed E-state index contributed by atoms with van der Waals surface area (Å²) in [6, 6.07) is 7.56. The van der Waals surface area contributed by atoms with Gasteiger partial charge in [0.2, 0.25) is 11.8 Å². The van der Waals surface area contributed by atoms with Crippen molar-refractivity contribution in [1.82, 2.24) is 15.0 Å². The number of anilines is 2. The molecule has 2 aliphatic rings. The Kier molecular flexibility index (Phi) is 5.49. The van der Waals surface area contributed by atoms with Gasteiger partial charge in [-0.05, 0) is 49.8 Å². The zero-order chi connectivity index (χ0) is 23.9. The molecule has 2 fully saturated rings. The highest BCUT2D eigenvalue weighted by Crippen LogP contribution is 2.36. The lowest BCUT2D eigenvalue weighted by Crippen LogP contribution is -2.36. The molecule has 0 spiro atoms. The third-order valence-corrected chi connectivity index (χ3v) is 6.70. The third-order valence-electron chi connectivity index (χ3n) is 6.70. The minimum Gasteiger partial charge on any atom is -0.490 e. The molecular formula is C26H27N5O4. The van der Waals surface area contributed by atoms with Crippen molar-refractivity contribution in [1.29, 1.82) is 0 Å². The summed E-state index contributed by atoms with van der Waals surface area (Å²) in [6.07, 6.45) is 7.51. The molecule has 0 radical (unpaired) electrons. The first-order valence-electron chi connectivity index (χ1n) is 11.9. The first kappa shape index (κ1) is 21.8. The lowest BCUT2D eigenvalue weighted by atomic mass is 9.83. The summed E-state index contributed by atoms with van der Waals surface area (Å²) < 4.78 is 17.4. The van der Waals surface area contributed by atoms with E-state index in [-0.39, 0.29) is 17.9 Å². The van der Waals surface area contributed by atoms with Gasteiger partial charge in [0.15, 0.2) is 5.58 Å². The number of carbonyl (C=O) groups is 1. The second-order valence-electron chi connectivity index (χ2n) is 9.33. The second kappa shape index (κ2) is 8.81. The molecule has 9 heteroatoms. The minimum absolute atomic E-state index is 0.00990. The average molecular weight is 474 g/mol. The number of nitrogens with zero attached hydrogens (tertiary/aromatic N) is 3. The van der Waals surface area contributed by atoms with Crippen molar-refractivity contribution < 1.29 is 18.7 Å². The van der Waals surface area contributed by atoms with Crippen molar-refractivity contribution in [2.75, 3.05) is 31.4 Å². The second-order valence-corrected chi connectivity index (χ2v) is 9.33. The quantitative estimate of drug-likeness (QED) is 0.381. The van der Waals surface area contributed by atoms with Crippen LogP contribution in [0.4, 0.5) is 11.6 Å². The highest BCUT2D eigenvalue weighted by molar-refractivity contribution is 6.03. The van der Waals surface area contributed by atoms with Gasteiger partial charge in [0.1, 0.15) is 22.9 Å². The highest BCUT2D eigenvalue weighted by atomic mass is 16.5. The van der Waals surface area contributed by atoms with Crippen LogP contribution in [0, 0.1) is 11.8 Å². The summed E-state index contributed by atoms with van der Waals surface area (Å²) >= 11 is 0. The van der Waals surface area contributed by atoms with Crippen molar-refractivity contribution in [2.24, 2.45) is 11.8 Å². The molecular weight excluding hydrogens is 446 g/mol. The monoisotopic (exact) mass is 473 g/mol. The van der Waals surface area contributed by atoms with Gasteiger partial charge in [-0.1, -0.05) is 0 Å². The molecule has 0 bridgehead atoms. The predicted octanol–water partition coefficient (Wildman–Crippen LogP) is 4.63. The van der Waals surface area contributed by atoms with Crippen LogP contribution in [-0.4, -0.2) is 47.7 Å². The van der Waals surface area contributed by atoms with Gasteiger partial charge in [-0.15, -0.1) is 0 Å². The van der Waals surface area contributed by atoms with Gasteiger partial charge in [-0.25, -0.2) is 15.0 Å². The maximum Gasteiger partial charge on any atom is 0.229 e. The van der Waals surface area contributed by atoms with Crippen molar-refractivity contribution >= 4 is 39.4 Å². The summed E-state index contributed by atoms with van der Waals surface area (Å²) in [4.78, 5) is 26.0. The zero-order valence-corrected chi connectivity index (χ0v) is 19.7. The van der Waals surface area contributed by atoms with Crippen molar-refractivity contribution in [3.05, 3.63) is 36.7 Å². The Morgan fingerprint density at radius 2 is 2.00 bits per heavy atom. The van der Waals surface area contributed by atoms with E-state index < -0.39 is 0 Å². The topological polar surface area (TPSA) is 111 Å². The molecule has 0 saturated heterocycles. The molecule has 4 aromatic rings. The summed E-state index contributed by atoms with van der Waals surface area (Å²) in [7, 11) is 3.54. The van der Waals surface area contributed by atoms with Gasteiger partial charge in [-0.3, -0.25) is 4.79 Å². The highest BCUT2D eigenvalue weighted by Gasteiger charge is 2.31. The van der Waals surface area contributed by atoms with Crippen LogP contribution in [0.25, 0.3) is 33.3 Å². The van der Waals surface area contributed by atoms with Crippen LogP contribution in [0.1, 0.15) is 25.7 Å². The Labute approximate surface area is 202 Å². The molecule has 3 aromatic heterocycles. The number of ether oxygens (including phenoxy) is 2. The molecule has 9 nitrogen and oxygen atoms in total. The Morgan fingerprint density at radius 1 is 1.14 bits per heavy atom. The van der Waals surface area contributed by atoms with Crippen LogP contribution in [0.3, 0.4) is 0 Å². The van der Waals surface area contributed by atoms with E-state index in [0.717, 1.165) is 54.4 Å². The zero-order valence-electron chi connectivity index (χ0n) is 19.7. The number of fused-ring (bicyclic) bond motifs is 2. The smallest absolute Gasteiger partial charge is 0.229 e. The van der Waals surface area contributed by atoms with E-state index >= 15 is 0 Å². The van der Waals surface area contributed by atoms with Crippen LogP contribution in [0.15, 0.2) is 41.1 Å². The fraction of sp³-hybridized carbons (Fsp3) is 0.385. The number of carbonyl (C=O) groups excluding carboxylic acids is 1. The van der Waals surface area contributed by atoms with Gasteiger partial charge in [0.05, 0.1) is 11.7 Å². The van der Waals surface area contributed by atoms with E-state index in [4.69, 9.17) is 18.9 Å². The van der Waals surface area contributed by atoms with Crippen molar-refractivity contribution in [2.45, 2.75) is 31.8 Å². The van der Waals surface area contributed by atoms with Crippen LogP contribution >= 0.6 is 0 Å². The first-order valence-corrected chi connectivity index (χ1v) is 11.9. The lowest BCUT2D eigenvalue weighted by molar-refractivity contribution is -0.117. The number of methoxy groups -OCH3 is 1. The maximum atomic E-state index is 12.3. The molecule has 0 unspecified atom stereocenters. The molecule has 180 valence electrons. The normalized spacial score (nSPS) is 19.5. The molecule has 0 aliphatic heterocycles. The fourth-order valence-electron chi connectivity index (χ4n) is 4.58. The lowest BCUT2D eigenvalue weighted by Gasteiger charge is -2.34. The summed E-state index contributed by atoms with van der Waals surface area (Å²) in [6.45, 7) is 0.779. The SMILES string of the molecule is CNc1ncc(-c2nc3cc(O[C@H]4C[C@H](COC)C4)ccc3o2)c2cc(NC(=O)C3CC3)ncc12. The number of nitrogens with one attached hydrogen (secondary N) is 2. The van der Waals surface area contributed by atoms with Crippen molar-refractivity contribution in [3.8, 4) is 17.2 Å². The number of pyridine rings is 2. The number of aromatic nitrogens is 3. The van der Waals surface area contributed by atoms with E-state index in [0.29, 0.717) is 34.5 Å². The average Bonchev–Trinajstić information content (AvgIpc) is 3.61. The fourth-order valence-corrected chi connectivity index (χ4v) is 4.58. The van der Waals surface area contributed by atoms with Crippen LogP contribution in [-0.2, 0) is 9.53 Å². The van der Waals surface area contributed by atoms with E-state index in [1.54, 1.807) is 19.5 Å². The number of benzene rings is 1. The van der Waals surface area contributed by atoms with E-state index in [2.05, 4.69) is 20.6 Å². The Hall–Kier alpha value is -3.72. The van der Waals surface area contributed by atoms with Gasteiger partial charge >= 0.3 is 0 Å². The Bertz CT molecular complexity index is 1410. The number of hydrogen-bond acceptors (Lipinski definition) is 8. The molecule has 6 rings (SSSR count). The summed E-state index contributed by atoms with van der Waals surface area (Å²) in [5.74, 6) is 3.10. The van der Waals surface area contributed by atoms with Crippen LogP contribution < -0.4 is 15.4 Å². The van der Waals surface area contributed by atoms with Crippen LogP contribution in [0.2, 0.25) is 0 Å². The number of hydrogen-bond donors (Lipinski definition) is 2. The molecule has 2 aliphatic carbocycles. The number of oxazole rings is 1. The molecule has 1 aromatic carbocycles. The van der Waals surface area contributed by atoms with Gasteiger partial charge in [0.25, 0.3) is 0 Å². The van der Waals surface area contributed by atoms with E-state index in [1.165, 1.54) is 0 Å². The largest absolute Gasteiger partial charge is 0.490 e. The summed E-state index contributed by atoms with van der Waals surface area (Å²) in [5.41, 5.74) is 2.11. The minimum atomic E-state index is 0.00990. The molecule has 3 heterocycles. The molecule has 1 amide bonds.